The van der Waals surface area contributed by atoms with Crippen LogP contribution in [0.3, 0.4) is 0 Å². The average Bonchev–Trinajstić information content (AvgIpc) is 2.95. The first-order chi connectivity index (χ1) is 7.16. The zero-order valence-electron chi connectivity index (χ0n) is 8.55. The van der Waals surface area contributed by atoms with Gasteiger partial charge in [0, 0.05) is 16.6 Å². The van der Waals surface area contributed by atoms with Gasteiger partial charge in [-0.1, -0.05) is 30.5 Å². The Morgan fingerprint density at radius 3 is 2.80 bits per heavy atom. The lowest BCUT2D eigenvalue weighted by molar-refractivity contribution is 0.542. The van der Waals surface area contributed by atoms with E-state index in [4.69, 9.17) is 17.3 Å². The number of benzene rings is 1. The molecule has 1 aliphatic rings. The molecule has 0 saturated heterocycles. The van der Waals surface area contributed by atoms with E-state index in [-0.39, 0.29) is 11.9 Å². The topological polar surface area (TPSA) is 26.0 Å². The summed E-state index contributed by atoms with van der Waals surface area (Å²) in [7, 11) is 0. The molecule has 1 aliphatic carbocycles. The van der Waals surface area contributed by atoms with Crippen molar-refractivity contribution in [3.8, 4) is 0 Å². The Labute approximate surface area is 94.4 Å². The Morgan fingerprint density at radius 2 is 2.20 bits per heavy atom. The van der Waals surface area contributed by atoms with Crippen molar-refractivity contribution >= 4 is 11.6 Å². The predicted molar refractivity (Wildman–Crippen MR) is 60.4 cm³/mol. The lowest BCUT2D eigenvalue weighted by Crippen LogP contribution is -2.24. The molecule has 3 heteroatoms. The van der Waals surface area contributed by atoms with Gasteiger partial charge < -0.3 is 5.73 Å². The lowest BCUT2D eigenvalue weighted by Gasteiger charge is -2.12. The molecule has 1 nitrogen and oxygen atoms in total. The molecule has 1 saturated carbocycles. The van der Waals surface area contributed by atoms with Crippen LogP contribution in [0.2, 0.25) is 5.02 Å². The molecule has 15 heavy (non-hydrogen) atoms. The standard InChI is InChI=1S/C12H15ClFN/c13-11-2-1-3-12(14)10(11)7-9(15)6-8-4-5-8/h1-3,8-9H,4-7,15H2. The maximum atomic E-state index is 13.4. The molecule has 1 fully saturated rings. The van der Waals surface area contributed by atoms with Crippen molar-refractivity contribution in [1.29, 1.82) is 0 Å². The minimum absolute atomic E-state index is 0.0342. The van der Waals surface area contributed by atoms with Crippen molar-refractivity contribution in [3.05, 3.63) is 34.6 Å². The lowest BCUT2D eigenvalue weighted by atomic mass is 10.0. The molecule has 1 atom stereocenters. The van der Waals surface area contributed by atoms with Crippen LogP contribution in [0.5, 0.6) is 0 Å². The van der Waals surface area contributed by atoms with E-state index in [9.17, 15) is 4.39 Å². The highest BCUT2D eigenvalue weighted by molar-refractivity contribution is 6.31. The third kappa shape index (κ3) is 2.93. The molecule has 0 aliphatic heterocycles. The number of nitrogens with two attached hydrogens (primary N) is 1. The molecule has 1 aromatic carbocycles. The van der Waals surface area contributed by atoms with E-state index in [2.05, 4.69) is 0 Å². The van der Waals surface area contributed by atoms with Crippen LogP contribution in [0.1, 0.15) is 24.8 Å². The van der Waals surface area contributed by atoms with Crippen LogP contribution in [-0.4, -0.2) is 6.04 Å². The first-order valence-corrected chi connectivity index (χ1v) is 5.73. The molecule has 0 heterocycles. The minimum Gasteiger partial charge on any atom is -0.327 e. The molecule has 82 valence electrons. The third-order valence-electron chi connectivity index (χ3n) is 2.86. The molecule has 1 aromatic rings. The van der Waals surface area contributed by atoms with E-state index in [0.717, 1.165) is 12.3 Å². The van der Waals surface area contributed by atoms with Crippen molar-refractivity contribution < 1.29 is 4.39 Å². The minimum atomic E-state index is -0.242. The van der Waals surface area contributed by atoms with Crippen LogP contribution in [0.25, 0.3) is 0 Å². The third-order valence-corrected chi connectivity index (χ3v) is 3.22. The van der Waals surface area contributed by atoms with Gasteiger partial charge in [0.1, 0.15) is 5.82 Å². The van der Waals surface area contributed by atoms with Gasteiger partial charge in [0.05, 0.1) is 0 Å². The summed E-state index contributed by atoms with van der Waals surface area (Å²) in [6, 6.07) is 4.80. The molecule has 2 rings (SSSR count). The molecule has 2 N–H and O–H groups in total. The van der Waals surface area contributed by atoms with E-state index in [1.807, 2.05) is 0 Å². The molecule has 1 unspecified atom stereocenters. The van der Waals surface area contributed by atoms with Gasteiger partial charge in [0.25, 0.3) is 0 Å². The summed E-state index contributed by atoms with van der Waals surface area (Å²) < 4.78 is 13.4. The van der Waals surface area contributed by atoms with Crippen molar-refractivity contribution in [2.24, 2.45) is 11.7 Å². The number of hydrogen-bond donors (Lipinski definition) is 1. The quantitative estimate of drug-likeness (QED) is 0.840. The summed E-state index contributed by atoms with van der Waals surface area (Å²) >= 11 is 5.93. The van der Waals surface area contributed by atoms with Crippen LogP contribution in [0, 0.1) is 11.7 Å². The van der Waals surface area contributed by atoms with Crippen LogP contribution < -0.4 is 5.73 Å². The zero-order valence-corrected chi connectivity index (χ0v) is 9.30. The second-order valence-corrected chi connectivity index (χ2v) is 4.75. The van der Waals surface area contributed by atoms with Gasteiger partial charge in [-0.2, -0.15) is 0 Å². The Bertz CT molecular complexity index is 329. The number of rotatable bonds is 4. The summed E-state index contributed by atoms with van der Waals surface area (Å²) in [6.45, 7) is 0. The Morgan fingerprint density at radius 1 is 1.47 bits per heavy atom. The Balaban J connectivity index is 2.01. The Kier molecular flexibility index (Phi) is 3.27. The van der Waals surface area contributed by atoms with Gasteiger partial charge >= 0.3 is 0 Å². The molecule has 0 amide bonds. The van der Waals surface area contributed by atoms with Crippen molar-refractivity contribution in [3.63, 3.8) is 0 Å². The fraction of sp³-hybridized carbons (Fsp3) is 0.500. The monoisotopic (exact) mass is 227 g/mol. The SMILES string of the molecule is NC(Cc1c(F)cccc1Cl)CC1CC1. The Hall–Kier alpha value is -0.600. The van der Waals surface area contributed by atoms with E-state index in [1.165, 1.54) is 18.9 Å². The number of halogens is 2. The summed E-state index contributed by atoms with van der Waals surface area (Å²) in [6.07, 6.45) is 4.09. The predicted octanol–water partition coefficient (Wildman–Crippen LogP) is 3.15. The fourth-order valence-electron chi connectivity index (χ4n) is 1.85. The molecule has 0 bridgehead atoms. The second kappa shape index (κ2) is 4.50. The first kappa shape index (κ1) is 10.9. The fourth-order valence-corrected chi connectivity index (χ4v) is 2.09. The second-order valence-electron chi connectivity index (χ2n) is 4.34. The summed E-state index contributed by atoms with van der Waals surface area (Å²) in [5, 5.41) is 0.487. The van der Waals surface area contributed by atoms with E-state index < -0.39 is 0 Å². The van der Waals surface area contributed by atoms with Gasteiger partial charge in [0.2, 0.25) is 0 Å². The van der Waals surface area contributed by atoms with Gasteiger partial charge in [-0.3, -0.25) is 0 Å². The normalized spacial score (nSPS) is 17.8. The van der Waals surface area contributed by atoms with Gasteiger partial charge in [0.15, 0.2) is 0 Å². The smallest absolute Gasteiger partial charge is 0.127 e. The highest BCUT2D eigenvalue weighted by atomic mass is 35.5. The van der Waals surface area contributed by atoms with Gasteiger partial charge in [-0.05, 0) is 30.9 Å². The van der Waals surface area contributed by atoms with Gasteiger partial charge in [-0.15, -0.1) is 0 Å². The molecule has 0 radical (unpaired) electrons. The summed E-state index contributed by atoms with van der Waals surface area (Å²) in [5.41, 5.74) is 6.52. The zero-order chi connectivity index (χ0) is 10.8. The van der Waals surface area contributed by atoms with Gasteiger partial charge in [-0.25, -0.2) is 4.39 Å². The number of hydrogen-bond acceptors (Lipinski definition) is 1. The molecule has 0 spiro atoms. The summed E-state index contributed by atoms with van der Waals surface area (Å²) in [5.74, 6) is 0.527. The molecular formula is C12H15ClFN. The van der Waals surface area contributed by atoms with Crippen LogP contribution in [0.4, 0.5) is 4.39 Å². The van der Waals surface area contributed by atoms with Crippen LogP contribution >= 0.6 is 11.6 Å². The largest absolute Gasteiger partial charge is 0.327 e. The van der Waals surface area contributed by atoms with Crippen molar-refractivity contribution in [2.45, 2.75) is 31.7 Å². The maximum Gasteiger partial charge on any atom is 0.127 e. The average molecular weight is 228 g/mol. The van der Waals surface area contributed by atoms with E-state index in [0.29, 0.717) is 17.0 Å². The van der Waals surface area contributed by atoms with Crippen molar-refractivity contribution in [1.82, 2.24) is 0 Å². The maximum absolute atomic E-state index is 13.4. The van der Waals surface area contributed by atoms with E-state index >= 15 is 0 Å². The molecule has 0 aromatic heterocycles. The van der Waals surface area contributed by atoms with E-state index in [1.54, 1.807) is 12.1 Å². The first-order valence-electron chi connectivity index (χ1n) is 5.35. The molecular weight excluding hydrogens is 213 g/mol. The summed E-state index contributed by atoms with van der Waals surface area (Å²) in [4.78, 5) is 0. The highest BCUT2D eigenvalue weighted by Crippen LogP contribution is 2.34. The van der Waals surface area contributed by atoms with Crippen LogP contribution in [0.15, 0.2) is 18.2 Å². The van der Waals surface area contributed by atoms with Crippen LogP contribution in [-0.2, 0) is 6.42 Å². The highest BCUT2D eigenvalue weighted by Gasteiger charge is 2.24. The van der Waals surface area contributed by atoms with Crippen molar-refractivity contribution in [2.75, 3.05) is 0 Å².